The normalized spacial score (nSPS) is 17.4. The van der Waals surface area contributed by atoms with Gasteiger partial charge in [-0.1, -0.05) is 0 Å². The number of pyridine rings is 1. The van der Waals surface area contributed by atoms with Crippen LogP contribution in [0.25, 0.3) is 0 Å². The number of fused-ring (bicyclic) bond motifs is 1. The molecule has 3 aromatic rings. The molecule has 7 heteroatoms. The molecular formula is C18H21N5O2. The summed E-state index contributed by atoms with van der Waals surface area (Å²) in [6.07, 6.45) is 3.44. The highest BCUT2D eigenvalue weighted by Gasteiger charge is 2.28. The van der Waals surface area contributed by atoms with Crippen molar-refractivity contribution < 1.29 is 9.15 Å². The molecule has 0 N–H and O–H groups in total. The van der Waals surface area contributed by atoms with Crippen molar-refractivity contribution in [3.05, 3.63) is 59.8 Å². The Kier molecular flexibility index (Phi) is 4.23. The molecule has 0 radical (unpaired) electrons. The zero-order valence-electron chi connectivity index (χ0n) is 14.4. The SMILES string of the molecule is Cc1ccc(OCc2nnc3n2CCN(Cc2ccco2)[C@H]3C)cn1. The topological polar surface area (TPSA) is 69.2 Å². The standard InChI is InChI=1S/C18H21N5O2/c1-13-5-6-15(10-19-13)25-12-17-20-21-18-14(2)22(7-8-23(17)18)11-16-4-3-9-24-16/h3-6,9-10,14H,7-8,11-12H2,1-2H3/t14-/m0/s1. The van der Waals surface area contributed by atoms with Gasteiger partial charge >= 0.3 is 0 Å². The summed E-state index contributed by atoms with van der Waals surface area (Å²) in [7, 11) is 0. The monoisotopic (exact) mass is 339 g/mol. The summed E-state index contributed by atoms with van der Waals surface area (Å²) < 4.78 is 13.4. The van der Waals surface area contributed by atoms with Crippen LogP contribution >= 0.6 is 0 Å². The summed E-state index contributed by atoms with van der Waals surface area (Å²) in [4.78, 5) is 6.59. The van der Waals surface area contributed by atoms with E-state index in [-0.39, 0.29) is 6.04 Å². The Morgan fingerprint density at radius 3 is 2.92 bits per heavy atom. The first-order valence-electron chi connectivity index (χ1n) is 8.44. The summed E-state index contributed by atoms with van der Waals surface area (Å²) in [6.45, 7) is 7.04. The minimum atomic E-state index is 0.182. The molecule has 1 aliphatic rings. The van der Waals surface area contributed by atoms with Crippen molar-refractivity contribution in [1.29, 1.82) is 0 Å². The Hall–Kier alpha value is -2.67. The van der Waals surface area contributed by atoms with Crippen LogP contribution in [0.15, 0.2) is 41.1 Å². The van der Waals surface area contributed by atoms with E-state index in [1.807, 2.05) is 31.2 Å². The first-order valence-corrected chi connectivity index (χ1v) is 8.44. The first kappa shape index (κ1) is 15.8. The van der Waals surface area contributed by atoms with Gasteiger partial charge in [-0.05, 0) is 38.1 Å². The number of aryl methyl sites for hydroxylation is 1. The van der Waals surface area contributed by atoms with Crippen LogP contribution in [-0.4, -0.2) is 31.2 Å². The second kappa shape index (κ2) is 6.68. The van der Waals surface area contributed by atoms with Crippen molar-refractivity contribution in [2.24, 2.45) is 0 Å². The molecule has 0 aliphatic carbocycles. The highest BCUT2D eigenvalue weighted by Crippen LogP contribution is 2.26. The third-order valence-corrected chi connectivity index (χ3v) is 4.58. The summed E-state index contributed by atoms with van der Waals surface area (Å²) in [5.41, 5.74) is 0.970. The Morgan fingerprint density at radius 1 is 1.24 bits per heavy atom. The summed E-state index contributed by atoms with van der Waals surface area (Å²) in [5, 5.41) is 8.72. The maximum atomic E-state index is 5.80. The number of nitrogens with zero attached hydrogens (tertiary/aromatic N) is 5. The second-order valence-corrected chi connectivity index (χ2v) is 6.28. The Morgan fingerprint density at radius 2 is 2.16 bits per heavy atom. The predicted octanol–water partition coefficient (Wildman–Crippen LogP) is 2.73. The van der Waals surface area contributed by atoms with E-state index in [0.29, 0.717) is 6.61 Å². The molecule has 0 saturated carbocycles. The van der Waals surface area contributed by atoms with Gasteiger partial charge in [0.15, 0.2) is 5.82 Å². The first-order chi connectivity index (χ1) is 12.2. The van der Waals surface area contributed by atoms with E-state index in [0.717, 1.165) is 48.5 Å². The Labute approximate surface area is 146 Å². The maximum Gasteiger partial charge on any atom is 0.171 e. The molecule has 25 heavy (non-hydrogen) atoms. The summed E-state index contributed by atoms with van der Waals surface area (Å²) in [6, 6.07) is 7.95. The lowest BCUT2D eigenvalue weighted by Crippen LogP contribution is -2.37. The quantitative estimate of drug-likeness (QED) is 0.712. The highest BCUT2D eigenvalue weighted by molar-refractivity contribution is 5.19. The van der Waals surface area contributed by atoms with Crippen molar-refractivity contribution in [1.82, 2.24) is 24.6 Å². The van der Waals surface area contributed by atoms with Crippen LogP contribution in [0, 0.1) is 6.92 Å². The molecule has 0 saturated heterocycles. The number of hydrogen-bond acceptors (Lipinski definition) is 6. The number of ether oxygens (including phenoxy) is 1. The number of rotatable bonds is 5. The van der Waals surface area contributed by atoms with E-state index in [4.69, 9.17) is 9.15 Å². The fourth-order valence-corrected chi connectivity index (χ4v) is 3.10. The van der Waals surface area contributed by atoms with Gasteiger partial charge in [-0.25, -0.2) is 0 Å². The van der Waals surface area contributed by atoms with E-state index in [1.165, 1.54) is 0 Å². The van der Waals surface area contributed by atoms with Crippen molar-refractivity contribution >= 4 is 0 Å². The van der Waals surface area contributed by atoms with Crippen molar-refractivity contribution in [3.8, 4) is 5.75 Å². The lowest BCUT2D eigenvalue weighted by Gasteiger charge is -2.32. The molecule has 3 aromatic heterocycles. The predicted molar refractivity (Wildman–Crippen MR) is 90.9 cm³/mol. The smallest absolute Gasteiger partial charge is 0.171 e. The number of aromatic nitrogens is 4. The van der Waals surface area contributed by atoms with Crippen LogP contribution < -0.4 is 4.74 Å². The van der Waals surface area contributed by atoms with Gasteiger partial charge < -0.3 is 13.7 Å². The van der Waals surface area contributed by atoms with Gasteiger partial charge in [-0.3, -0.25) is 9.88 Å². The van der Waals surface area contributed by atoms with Gasteiger partial charge in [-0.15, -0.1) is 10.2 Å². The summed E-state index contributed by atoms with van der Waals surface area (Å²) >= 11 is 0. The Balaban J connectivity index is 1.44. The minimum absolute atomic E-state index is 0.182. The molecule has 0 spiro atoms. The molecule has 1 aliphatic heterocycles. The average molecular weight is 339 g/mol. The molecule has 0 fully saturated rings. The molecule has 4 rings (SSSR count). The molecule has 0 bridgehead atoms. The molecule has 0 amide bonds. The number of furan rings is 1. The highest BCUT2D eigenvalue weighted by atomic mass is 16.5. The van der Waals surface area contributed by atoms with E-state index in [2.05, 4.69) is 31.6 Å². The van der Waals surface area contributed by atoms with Crippen molar-refractivity contribution in [2.75, 3.05) is 6.54 Å². The van der Waals surface area contributed by atoms with E-state index in [1.54, 1.807) is 12.5 Å². The van der Waals surface area contributed by atoms with Gasteiger partial charge in [0.25, 0.3) is 0 Å². The third kappa shape index (κ3) is 3.28. The van der Waals surface area contributed by atoms with E-state index >= 15 is 0 Å². The lowest BCUT2D eigenvalue weighted by molar-refractivity contribution is 0.142. The van der Waals surface area contributed by atoms with Crippen molar-refractivity contribution in [2.45, 2.75) is 39.6 Å². The maximum absolute atomic E-state index is 5.80. The van der Waals surface area contributed by atoms with Gasteiger partial charge in [0.1, 0.15) is 23.9 Å². The second-order valence-electron chi connectivity index (χ2n) is 6.28. The van der Waals surface area contributed by atoms with Crippen LogP contribution in [0.5, 0.6) is 5.75 Å². The van der Waals surface area contributed by atoms with Crippen LogP contribution in [-0.2, 0) is 19.7 Å². The zero-order valence-corrected chi connectivity index (χ0v) is 14.4. The van der Waals surface area contributed by atoms with E-state index < -0.39 is 0 Å². The molecule has 1 atom stereocenters. The van der Waals surface area contributed by atoms with Gasteiger partial charge in [0, 0.05) is 18.8 Å². The van der Waals surface area contributed by atoms with Crippen LogP contribution in [0.1, 0.15) is 36.1 Å². The molecule has 4 heterocycles. The largest absolute Gasteiger partial charge is 0.484 e. The minimum Gasteiger partial charge on any atom is -0.484 e. The van der Waals surface area contributed by atoms with Gasteiger partial charge in [-0.2, -0.15) is 0 Å². The van der Waals surface area contributed by atoms with Crippen LogP contribution in [0.2, 0.25) is 0 Å². The fraction of sp³-hybridized carbons (Fsp3) is 0.389. The molecule has 130 valence electrons. The molecule has 0 unspecified atom stereocenters. The van der Waals surface area contributed by atoms with Gasteiger partial charge in [0.2, 0.25) is 0 Å². The zero-order chi connectivity index (χ0) is 17.2. The molecule has 7 nitrogen and oxygen atoms in total. The Bertz CT molecular complexity index is 826. The average Bonchev–Trinajstić information content (AvgIpc) is 3.27. The fourth-order valence-electron chi connectivity index (χ4n) is 3.10. The third-order valence-electron chi connectivity index (χ3n) is 4.58. The molecular weight excluding hydrogens is 318 g/mol. The van der Waals surface area contributed by atoms with Gasteiger partial charge in [0.05, 0.1) is 25.0 Å². The molecule has 0 aromatic carbocycles. The van der Waals surface area contributed by atoms with Crippen molar-refractivity contribution in [3.63, 3.8) is 0 Å². The summed E-state index contributed by atoms with van der Waals surface area (Å²) in [5.74, 6) is 3.53. The van der Waals surface area contributed by atoms with Crippen LogP contribution in [0.4, 0.5) is 0 Å². The van der Waals surface area contributed by atoms with E-state index in [9.17, 15) is 0 Å². The van der Waals surface area contributed by atoms with Crippen LogP contribution in [0.3, 0.4) is 0 Å². The number of hydrogen-bond donors (Lipinski definition) is 0. The lowest BCUT2D eigenvalue weighted by atomic mass is 10.2.